The van der Waals surface area contributed by atoms with Gasteiger partial charge in [0, 0.05) is 12.8 Å². The fraction of sp³-hybridized carbons (Fsp3) is 0.611. The quantitative estimate of drug-likeness (QED) is 0.142. The molecule has 0 radical (unpaired) electrons. The summed E-state index contributed by atoms with van der Waals surface area (Å²) in [7, 11) is 0. The first-order valence-corrected chi connectivity index (χ1v) is 8.29. The molecule has 0 saturated carbocycles. The molecule has 4 nitrogen and oxygen atoms in total. The van der Waals surface area contributed by atoms with Crippen molar-refractivity contribution in [3.05, 3.63) is 46.2 Å². The van der Waals surface area contributed by atoms with Crippen LogP contribution >= 0.6 is 0 Å². The van der Waals surface area contributed by atoms with Crippen LogP contribution in [0.4, 0.5) is 0 Å². The third kappa shape index (κ3) is 13.3. The van der Waals surface area contributed by atoms with Gasteiger partial charge < -0.3 is 4.79 Å². The number of carbonyl (C=O) groups is 1. The minimum absolute atomic E-state index is 0.255. The van der Waals surface area contributed by atoms with Crippen molar-refractivity contribution in [2.45, 2.75) is 71.1 Å². The van der Waals surface area contributed by atoms with Crippen molar-refractivity contribution in [1.29, 1.82) is 0 Å². The van der Waals surface area contributed by atoms with Gasteiger partial charge in [0.05, 0.1) is 4.92 Å². The van der Waals surface area contributed by atoms with Crippen molar-refractivity contribution in [3.63, 3.8) is 0 Å². The van der Waals surface area contributed by atoms with Gasteiger partial charge in [0.2, 0.25) is 5.70 Å². The highest BCUT2D eigenvalue weighted by Crippen LogP contribution is 2.10. The fourth-order valence-electron chi connectivity index (χ4n) is 2.00. The molecule has 0 aromatic carbocycles. The van der Waals surface area contributed by atoms with Crippen molar-refractivity contribution in [1.82, 2.24) is 0 Å². The molecule has 0 bridgehead atoms. The minimum Gasteiger partial charge on any atom is -0.303 e. The number of nitrogens with zero attached hydrogens (tertiary/aromatic N) is 1. The predicted molar refractivity (Wildman–Crippen MR) is 91.3 cm³/mol. The van der Waals surface area contributed by atoms with Gasteiger partial charge >= 0.3 is 0 Å². The van der Waals surface area contributed by atoms with Crippen LogP contribution in [0, 0.1) is 10.1 Å². The van der Waals surface area contributed by atoms with Crippen LogP contribution in [-0.4, -0.2) is 11.2 Å². The highest BCUT2D eigenvalue weighted by molar-refractivity contribution is 5.48. The first kappa shape index (κ1) is 20.3. The smallest absolute Gasteiger partial charge is 0.242 e. The van der Waals surface area contributed by atoms with Crippen LogP contribution in [-0.2, 0) is 4.79 Å². The van der Waals surface area contributed by atoms with E-state index >= 15 is 0 Å². The molecule has 0 N–H and O–H groups in total. The van der Waals surface area contributed by atoms with E-state index in [-0.39, 0.29) is 10.6 Å². The van der Waals surface area contributed by atoms with E-state index < -0.39 is 0 Å². The number of rotatable bonds is 14. The number of aldehydes is 1. The summed E-state index contributed by atoms with van der Waals surface area (Å²) in [4.78, 5) is 20.8. The lowest BCUT2D eigenvalue weighted by molar-refractivity contribution is -0.428. The van der Waals surface area contributed by atoms with Crippen LogP contribution in [0.15, 0.2) is 36.1 Å². The molecule has 0 rings (SSSR count). The van der Waals surface area contributed by atoms with E-state index in [1.165, 1.54) is 19.3 Å². The van der Waals surface area contributed by atoms with E-state index in [0.717, 1.165) is 19.1 Å². The number of hydrogen-bond donors (Lipinski definition) is 0. The molecule has 0 aromatic heterocycles. The third-order valence-corrected chi connectivity index (χ3v) is 3.31. The molecule has 0 aliphatic heterocycles. The van der Waals surface area contributed by atoms with Crippen LogP contribution in [0.2, 0.25) is 0 Å². The van der Waals surface area contributed by atoms with Gasteiger partial charge in [-0.2, -0.15) is 0 Å². The van der Waals surface area contributed by atoms with Gasteiger partial charge in [-0.05, 0) is 44.6 Å². The maximum absolute atomic E-state index is 10.9. The minimum atomic E-state index is -0.317. The maximum atomic E-state index is 10.9. The average molecular weight is 307 g/mol. The molecule has 0 aliphatic carbocycles. The maximum Gasteiger partial charge on any atom is 0.242 e. The SMILES string of the molecule is CCCCC/C=C\C/C=C\C/C=C(\CCCCC=O)[N+](=O)[O-]. The summed E-state index contributed by atoms with van der Waals surface area (Å²) in [5, 5.41) is 10.9. The van der Waals surface area contributed by atoms with Gasteiger partial charge in [-0.15, -0.1) is 0 Å². The van der Waals surface area contributed by atoms with Crippen LogP contribution in [0.1, 0.15) is 71.1 Å². The highest BCUT2D eigenvalue weighted by atomic mass is 16.6. The summed E-state index contributed by atoms with van der Waals surface area (Å²) >= 11 is 0. The van der Waals surface area contributed by atoms with E-state index in [1.54, 1.807) is 6.08 Å². The van der Waals surface area contributed by atoms with Crippen molar-refractivity contribution in [2.24, 2.45) is 0 Å². The first-order valence-electron chi connectivity index (χ1n) is 8.29. The Bertz CT molecular complexity index is 384. The van der Waals surface area contributed by atoms with Crippen molar-refractivity contribution in [3.8, 4) is 0 Å². The van der Waals surface area contributed by atoms with E-state index in [0.29, 0.717) is 32.1 Å². The summed E-state index contributed by atoms with van der Waals surface area (Å²) in [5.41, 5.74) is 0.255. The summed E-state index contributed by atoms with van der Waals surface area (Å²) in [5.74, 6) is 0. The van der Waals surface area contributed by atoms with Crippen LogP contribution in [0.3, 0.4) is 0 Å². The Morgan fingerprint density at radius 2 is 1.64 bits per heavy atom. The Kier molecular flexibility index (Phi) is 14.5. The zero-order valence-corrected chi connectivity index (χ0v) is 13.7. The van der Waals surface area contributed by atoms with E-state index in [2.05, 4.69) is 19.1 Å². The Balaban J connectivity index is 3.90. The van der Waals surface area contributed by atoms with Gasteiger partial charge in [-0.3, -0.25) is 10.1 Å². The second kappa shape index (κ2) is 15.7. The largest absolute Gasteiger partial charge is 0.303 e. The summed E-state index contributed by atoms with van der Waals surface area (Å²) in [6.45, 7) is 2.20. The Hall–Kier alpha value is -1.71. The highest BCUT2D eigenvalue weighted by Gasteiger charge is 2.08. The molecular weight excluding hydrogens is 278 g/mol. The van der Waals surface area contributed by atoms with Crippen LogP contribution in [0.5, 0.6) is 0 Å². The Morgan fingerprint density at radius 1 is 0.955 bits per heavy atom. The van der Waals surface area contributed by atoms with Gasteiger partial charge in [-0.25, -0.2) is 0 Å². The number of unbranched alkanes of at least 4 members (excludes halogenated alkanes) is 5. The lowest BCUT2D eigenvalue weighted by Gasteiger charge is -1.97. The molecule has 0 heterocycles. The molecule has 124 valence electrons. The second-order valence-corrected chi connectivity index (χ2v) is 5.28. The molecule has 0 spiro atoms. The van der Waals surface area contributed by atoms with Gasteiger partial charge in [-0.1, -0.05) is 44.1 Å². The topological polar surface area (TPSA) is 60.2 Å². The van der Waals surface area contributed by atoms with E-state index in [9.17, 15) is 14.9 Å². The normalized spacial score (nSPS) is 12.3. The molecule has 0 unspecified atom stereocenters. The summed E-state index contributed by atoms with van der Waals surface area (Å²) in [6.07, 6.45) is 19.6. The first-order chi connectivity index (χ1) is 10.7. The number of hydrogen-bond acceptors (Lipinski definition) is 3. The van der Waals surface area contributed by atoms with Gasteiger partial charge in [0.15, 0.2) is 0 Å². The predicted octanol–water partition coefficient (Wildman–Crippen LogP) is 5.38. The number of carbonyl (C=O) groups excluding carboxylic acids is 1. The number of allylic oxidation sites excluding steroid dienone is 6. The molecule has 0 aromatic rings. The van der Waals surface area contributed by atoms with E-state index in [1.807, 2.05) is 12.2 Å². The fourth-order valence-corrected chi connectivity index (χ4v) is 2.00. The Morgan fingerprint density at radius 3 is 2.32 bits per heavy atom. The summed E-state index contributed by atoms with van der Waals surface area (Å²) in [6, 6.07) is 0. The molecular formula is C18H29NO3. The lowest BCUT2D eigenvalue weighted by atomic mass is 10.1. The van der Waals surface area contributed by atoms with E-state index in [4.69, 9.17) is 0 Å². The molecule has 0 fully saturated rings. The average Bonchev–Trinajstić information content (AvgIpc) is 2.50. The van der Waals surface area contributed by atoms with Crippen molar-refractivity contribution < 1.29 is 9.72 Å². The van der Waals surface area contributed by atoms with Crippen molar-refractivity contribution >= 4 is 6.29 Å². The van der Waals surface area contributed by atoms with Crippen LogP contribution in [0.25, 0.3) is 0 Å². The number of nitro groups is 1. The molecule has 0 aliphatic rings. The molecule has 0 amide bonds. The molecule has 0 saturated heterocycles. The van der Waals surface area contributed by atoms with Crippen LogP contribution < -0.4 is 0 Å². The van der Waals surface area contributed by atoms with Crippen molar-refractivity contribution in [2.75, 3.05) is 0 Å². The Labute approximate surface area is 134 Å². The molecule has 0 atom stereocenters. The van der Waals surface area contributed by atoms with Gasteiger partial charge in [0.25, 0.3) is 0 Å². The third-order valence-electron chi connectivity index (χ3n) is 3.31. The summed E-state index contributed by atoms with van der Waals surface area (Å²) < 4.78 is 0. The zero-order valence-electron chi connectivity index (χ0n) is 13.7. The zero-order chi connectivity index (χ0) is 16.5. The molecule has 4 heteroatoms. The lowest BCUT2D eigenvalue weighted by Crippen LogP contribution is -1.98. The molecule has 22 heavy (non-hydrogen) atoms. The van der Waals surface area contributed by atoms with Gasteiger partial charge in [0.1, 0.15) is 6.29 Å². The second-order valence-electron chi connectivity index (χ2n) is 5.28. The standard InChI is InChI=1S/C18H29NO3/c1-2-3-4-5-6-7-8-9-10-12-15-18(19(21)22)16-13-11-14-17-20/h6-7,9-10,15,17H,2-5,8,11-14,16H2,1H3/b7-6-,10-9-,18-15+. The monoisotopic (exact) mass is 307 g/mol.